The van der Waals surface area contributed by atoms with Crippen LogP contribution in [0.5, 0.6) is 0 Å². The van der Waals surface area contributed by atoms with Crippen molar-refractivity contribution in [2.75, 3.05) is 18.0 Å². The zero-order chi connectivity index (χ0) is 19.3. The average Bonchev–Trinajstić information content (AvgIpc) is 3.14. The van der Waals surface area contributed by atoms with E-state index >= 15 is 0 Å². The molecule has 0 spiro atoms. The van der Waals surface area contributed by atoms with Gasteiger partial charge in [-0.3, -0.25) is 0 Å². The topological polar surface area (TPSA) is 158 Å². The van der Waals surface area contributed by atoms with Gasteiger partial charge in [0, 0.05) is 18.8 Å². The van der Waals surface area contributed by atoms with Crippen molar-refractivity contribution in [1.29, 1.82) is 0 Å². The van der Waals surface area contributed by atoms with Crippen LogP contribution >= 0.6 is 0 Å². The number of halogens is 3. The molecule has 3 rings (SSSR count). The number of aromatic amines is 1. The SMILES string of the molecule is NS(=O)(=O)c1c(C(F)(F)F)ccc(N2C[C@@H](O)[C@H](O)C2)c1-c1nn[nH]n1. The van der Waals surface area contributed by atoms with E-state index in [9.17, 15) is 31.8 Å². The van der Waals surface area contributed by atoms with E-state index in [1.807, 2.05) is 0 Å². The summed E-state index contributed by atoms with van der Waals surface area (Å²) >= 11 is 0. The summed E-state index contributed by atoms with van der Waals surface area (Å²) in [5, 5.41) is 36.9. The molecule has 0 amide bonds. The number of nitrogens with two attached hydrogens (primary N) is 1. The second-order valence-electron chi connectivity index (χ2n) is 5.65. The molecule has 2 atom stereocenters. The summed E-state index contributed by atoms with van der Waals surface area (Å²) in [6.07, 6.45) is -7.33. The van der Waals surface area contributed by atoms with E-state index in [0.29, 0.717) is 6.07 Å². The van der Waals surface area contributed by atoms with Crippen LogP contribution in [0.2, 0.25) is 0 Å². The number of aromatic nitrogens is 4. The first-order valence-corrected chi connectivity index (χ1v) is 8.66. The van der Waals surface area contributed by atoms with Gasteiger partial charge in [-0.2, -0.15) is 18.4 Å². The maximum atomic E-state index is 13.4. The van der Waals surface area contributed by atoms with Crippen molar-refractivity contribution in [3.63, 3.8) is 0 Å². The highest BCUT2D eigenvalue weighted by atomic mass is 32.2. The predicted octanol–water partition coefficient (Wildman–Crippen LogP) is -0.925. The normalized spacial score (nSPS) is 21.4. The Balaban J connectivity index is 2.34. The smallest absolute Gasteiger partial charge is 0.389 e. The first-order valence-electron chi connectivity index (χ1n) is 7.12. The first kappa shape index (κ1) is 18.5. The maximum Gasteiger partial charge on any atom is 0.417 e. The number of aliphatic hydroxyl groups is 2. The summed E-state index contributed by atoms with van der Waals surface area (Å²) in [7, 11) is -4.85. The fourth-order valence-corrected chi connectivity index (χ4v) is 3.78. The Bertz CT molecular complexity index is 908. The van der Waals surface area contributed by atoms with Crippen molar-refractivity contribution < 1.29 is 31.8 Å². The number of rotatable bonds is 3. The minimum absolute atomic E-state index is 0.0426. The molecule has 1 aliphatic heterocycles. The number of benzene rings is 1. The quantitative estimate of drug-likeness (QED) is 0.520. The molecule has 1 aliphatic rings. The van der Waals surface area contributed by atoms with Gasteiger partial charge in [0.1, 0.15) is 4.90 Å². The molecule has 1 fully saturated rings. The summed E-state index contributed by atoms with van der Waals surface area (Å²) in [6, 6.07) is 1.57. The van der Waals surface area contributed by atoms with Crippen molar-refractivity contribution in [1.82, 2.24) is 20.6 Å². The number of tetrazole rings is 1. The Morgan fingerprint density at radius 1 is 1.23 bits per heavy atom. The standard InChI is InChI=1S/C12H13F3N6O4S/c13-12(14,15)5-1-2-6(21-3-7(22)8(23)4-21)9(10(5)26(16,24)25)11-17-19-20-18-11/h1-2,7-8,22-23H,3-4H2,(H2,16,24,25)(H,17,18,19,20)/t7-,8-/m1/s1. The van der Waals surface area contributed by atoms with Gasteiger partial charge in [-0.15, -0.1) is 10.2 Å². The van der Waals surface area contributed by atoms with Gasteiger partial charge in [-0.1, -0.05) is 0 Å². The number of β-amino-alcohol motifs (C(OH)–C–C–N with tert-alkyl or cyclic N) is 2. The summed E-state index contributed by atoms with van der Waals surface area (Å²) < 4.78 is 64.0. The molecule has 0 aliphatic carbocycles. The second-order valence-corrected chi connectivity index (χ2v) is 7.15. The average molecular weight is 394 g/mol. The number of sulfonamides is 1. The molecule has 26 heavy (non-hydrogen) atoms. The van der Waals surface area contributed by atoms with Crippen LogP contribution in [0.4, 0.5) is 18.9 Å². The van der Waals surface area contributed by atoms with E-state index in [1.54, 1.807) is 0 Å². The first-order chi connectivity index (χ1) is 12.0. The molecule has 142 valence electrons. The molecule has 1 saturated heterocycles. The van der Waals surface area contributed by atoms with E-state index in [-0.39, 0.29) is 18.8 Å². The molecular weight excluding hydrogens is 381 g/mol. The highest BCUT2D eigenvalue weighted by Gasteiger charge is 2.41. The molecule has 2 aromatic rings. The van der Waals surface area contributed by atoms with E-state index in [0.717, 1.165) is 6.07 Å². The number of hydrogen-bond acceptors (Lipinski definition) is 8. The van der Waals surface area contributed by atoms with Crippen molar-refractivity contribution >= 4 is 15.7 Å². The van der Waals surface area contributed by atoms with Gasteiger partial charge >= 0.3 is 6.18 Å². The van der Waals surface area contributed by atoms with Crippen LogP contribution in [0.3, 0.4) is 0 Å². The van der Waals surface area contributed by atoms with Gasteiger partial charge in [0.25, 0.3) is 0 Å². The molecule has 0 saturated carbocycles. The van der Waals surface area contributed by atoms with Gasteiger partial charge in [-0.25, -0.2) is 13.6 Å². The molecule has 0 radical (unpaired) electrons. The third kappa shape index (κ3) is 3.23. The van der Waals surface area contributed by atoms with E-state index < -0.39 is 50.3 Å². The fraction of sp³-hybridized carbons (Fsp3) is 0.417. The van der Waals surface area contributed by atoms with E-state index in [4.69, 9.17) is 5.14 Å². The molecular formula is C12H13F3N6O4S. The summed E-state index contributed by atoms with van der Waals surface area (Å²) in [5.74, 6) is -0.425. The largest absolute Gasteiger partial charge is 0.417 e. The monoisotopic (exact) mass is 394 g/mol. The lowest BCUT2D eigenvalue weighted by atomic mass is 10.1. The minimum Gasteiger partial charge on any atom is -0.389 e. The van der Waals surface area contributed by atoms with E-state index in [2.05, 4.69) is 20.6 Å². The molecule has 2 heterocycles. The van der Waals surface area contributed by atoms with Crippen LogP contribution in [0.25, 0.3) is 11.4 Å². The molecule has 0 bridgehead atoms. The summed E-state index contributed by atoms with van der Waals surface area (Å²) in [6.45, 7) is -0.275. The van der Waals surface area contributed by atoms with Crippen LogP contribution in [-0.2, 0) is 16.2 Å². The van der Waals surface area contributed by atoms with Crippen molar-refractivity contribution in [3.8, 4) is 11.4 Å². The lowest BCUT2D eigenvalue weighted by molar-refractivity contribution is -0.139. The summed E-state index contributed by atoms with van der Waals surface area (Å²) in [4.78, 5) is 0.107. The van der Waals surface area contributed by atoms with Crippen LogP contribution in [0.1, 0.15) is 5.56 Å². The number of nitrogens with one attached hydrogen (secondary N) is 1. The number of primary sulfonamides is 1. The van der Waals surface area contributed by atoms with Gasteiger partial charge in [0.2, 0.25) is 15.8 Å². The van der Waals surface area contributed by atoms with Gasteiger partial charge in [0.05, 0.1) is 23.3 Å². The molecule has 14 heteroatoms. The minimum atomic E-state index is -5.01. The number of H-pyrrole nitrogens is 1. The van der Waals surface area contributed by atoms with Gasteiger partial charge in [-0.05, 0) is 17.3 Å². The Labute approximate surface area is 144 Å². The number of alkyl halides is 3. The van der Waals surface area contributed by atoms with Crippen molar-refractivity contribution in [2.45, 2.75) is 23.3 Å². The number of hydrogen-bond donors (Lipinski definition) is 4. The highest BCUT2D eigenvalue weighted by Crippen LogP contribution is 2.43. The molecule has 0 unspecified atom stereocenters. The Morgan fingerprint density at radius 3 is 2.31 bits per heavy atom. The number of anilines is 1. The van der Waals surface area contributed by atoms with Crippen LogP contribution in [0, 0.1) is 0 Å². The van der Waals surface area contributed by atoms with Crippen molar-refractivity contribution in [2.24, 2.45) is 5.14 Å². The van der Waals surface area contributed by atoms with Gasteiger partial charge in [0.15, 0.2) is 0 Å². The Morgan fingerprint density at radius 2 is 1.85 bits per heavy atom. The Hall–Kier alpha value is -2.29. The van der Waals surface area contributed by atoms with Crippen LogP contribution in [-0.4, -0.2) is 64.6 Å². The second kappa shape index (κ2) is 6.15. The predicted molar refractivity (Wildman–Crippen MR) is 80.2 cm³/mol. The van der Waals surface area contributed by atoms with Crippen LogP contribution in [0.15, 0.2) is 17.0 Å². The third-order valence-corrected chi connectivity index (χ3v) is 4.89. The number of aliphatic hydroxyl groups excluding tert-OH is 2. The highest BCUT2D eigenvalue weighted by molar-refractivity contribution is 7.89. The lowest BCUT2D eigenvalue weighted by Gasteiger charge is -2.24. The molecule has 1 aromatic carbocycles. The van der Waals surface area contributed by atoms with E-state index in [1.165, 1.54) is 4.90 Å². The van der Waals surface area contributed by atoms with Crippen molar-refractivity contribution in [3.05, 3.63) is 17.7 Å². The molecule has 5 N–H and O–H groups in total. The fourth-order valence-electron chi connectivity index (χ4n) is 2.80. The number of nitrogens with zero attached hydrogens (tertiary/aromatic N) is 4. The zero-order valence-corrected chi connectivity index (χ0v) is 13.7. The third-order valence-electron chi connectivity index (χ3n) is 3.89. The lowest BCUT2D eigenvalue weighted by Crippen LogP contribution is -2.26. The molecule has 10 nitrogen and oxygen atoms in total. The summed E-state index contributed by atoms with van der Waals surface area (Å²) in [5.41, 5.74) is -2.04. The zero-order valence-electron chi connectivity index (χ0n) is 12.8. The van der Waals surface area contributed by atoms with Gasteiger partial charge < -0.3 is 15.1 Å². The maximum absolute atomic E-state index is 13.4. The van der Waals surface area contributed by atoms with Crippen LogP contribution < -0.4 is 10.0 Å². The Kier molecular flexibility index (Phi) is 4.38. The molecule has 1 aromatic heterocycles.